The summed E-state index contributed by atoms with van der Waals surface area (Å²) in [5.74, 6) is -0.0799. The maximum absolute atomic E-state index is 12.4. The Kier molecular flexibility index (Phi) is 9.53. The summed E-state index contributed by atoms with van der Waals surface area (Å²) < 4.78 is 50.8. The zero-order valence-corrected chi connectivity index (χ0v) is 16.2. The number of halogens is 5. The SMILES string of the molecule is CCO.Cc1cncn1-c1ncc(C(F)(F)F)cc1Cl.ONc1ccc(F)cc1. The van der Waals surface area contributed by atoms with E-state index in [1.165, 1.54) is 35.2 Å². The smallest absolute Gasteiger partial charge is 0.397 e. The number of aliphatic hydroxyl groups is 1. The number of nitrogens with one attached hydrogen (secondary N) is 1. The minimum Gasteiger partial charge on any atom is -0.397 e. The molecule has 0 spiro atoms. The van der Waals surface area contributed by atoms with Crippen LogP contribution in [0.1, 0.15) is 18.2 Å². The van der Waals surface area contributed by atoms with Crippen LogP contribution in [0.4, 0.5) is 23.2 Å². The average Bonchev–Trinajstić information content (AvgIpc) is 3.08. The van der Waals surface area contributed by atoms with Gasteiger partial charge >= 0.3 is 6.18 Å². The van der Waals surface area contributed by atoms with Crippen molar-refractivity contribution in [2.24, 2.45) is 0 Å². The van der Waals surface area contributed by atoms with Gasteiger partial charge in [-0.3, -0.25) is 15.3 Å². The van der Waals surface area contributed by atoms with E-state index in [9.17, 15) is 17.6 Å². The number of aliphatic hydroxyl groups excluding tert-OH is 1. The lowest BCUT2D eigenvalue weighted by Gasteiger charge is -2.10. The highest BCUT2D eigenvalue weighted by atomic mass is 35.5. The molecule has 11 heteroatoms. The Morgan fingerprint density at radius 2 is 1.76 bits per heavy atom. The number of pyridine rings is 1. The van der Waals surface area contributed by atoms with Gasteiger partial charge in [0.25, 0.3) is 0 Å². The van der Waals surface area contributed by atoms with E-state index in [1.807, 2.05) is 5.48 Å². The Balaban J connectivity index is 0.000000294. The fraction of sp³-hybridized carbons (Fsp3) is 0.222. The van der Waals surface area contributed by atoms with Gasteiger partial charge in [0, 0.05) is 24.7 Å². The van der Waals surface area contributed by atoms with Crippen LogP contribution in [-0.4, -0.2) is 31.5 Å². The Morgan fingerprint density at radius 3 is 2.17 bits per heavy atom. The van der Waals surface area contributed by atoms with Gasteiger partial charge in [0.2, 0.25) is 0 Å². The first kappa shape index (κ1) is 24.3. The molecule has 0 aliphatic heterocycles. The largest absolute Gasteiger partial charge is 0.417 e. The minimum absolute atomic E-state index is 0.0686. The summed E-state index contributed by atoms with van der Waals surface area (Å²) in [7, 11) is 0. The van der Waals surface area contributed by atoms with Gasteiger partial charge in [-0.15, -0.1) is 0 Å². The molecule has 1 aromatic carbocycles. The van der Waals surface area contributed by atoms with Crippen molar-refractivity contribution in [2.75, 3.05) is 12.1 Å². The third-order valence-electron chi connectivity index (χ3n) is 3.17. The van der Waals surface area contributed by atoms with Crippen molar-refractivity contribution in [1.82, 2.24) is 14.5 Å². The molecule has 3 aromatic rings. The van der Waals surface area contributed by atoms with Gasteiger partial charge in [0.1, 0.15) is 12.1 Å². The van der Waals surface area contributed by atoms with Crippen LogP contribution < -0.4 is 5.48 Å². The molecule has 29 heavy (non-hydrogen) atoms. The number of anilines is 1. The number of benzene rings is 1. The van der Waals surface area contributed by atoms with Crippen LogP contribution in [0.5, 0.6) is 0 Å². The molecule has 158 valence electrons. The van der Waals surface area contributed by atoms with E-state index < -0.39 is 11.7 Å². The van der Waals surface area contributed by atoms with Crippen molar-refractivity contribution in [3.63, 3.8) is 0 Å². The zero-order chi connectivity index (χ0) is 22.0. The molecule has 0 amide bonds. The standard InChI is InChI=1S/C10H7ClF3N3.C6H6FNO.C2H6O/c1-6-3-15-5-17(6)9-8(11)2-7(4-16-9)10(12,13)14;7-5-1-3-6(8-9)4-2-5;1-2-3/h2-5H,1H3;1-4,8-9H;3H,2H2,1H3. The van der Waals surface area contributed by atoms with E-state index >= 15 is 0 Å². The van der Waals surface area contributed by atoms with E-state index in [0.29, 0.717) is 5.69 Å². The summed E-state index contributed by atoms with van der Waals surface area (Å²) in [4.78, 5) is 7.57. The lowest BCUT2D eigenvalue weighted by atomic mass is 10.3. The summed E-state index contributed by atoms with van der Waals surface area (Å²) in [6.07, 6.45) is -0.688. The van der Waals surface area contributed by atoms with E-state index in [0.717, 1.165) is 18.0 Å². The summed E-state index contributed by atoms with van der Waals surface area (Å²) in [6, 6.07) is 6.26. The number of imidazole rings is 1. The van der Waals surface area contributed by atoms with E-state index in [-0.39, 0.29) is 23.3 Å². The lowest BCUT2D eigenvalue weighted by Crippen LogP contribution is -2.07. The maximum atomic E-state index is 12.4. The topological polar surface area (TPSA) is 83.2 Å². The Labute approximate surface area is 169 Å². The van der Waals surface area contributed by atoms with Gasteiger partial charge in [0.15, 0.2) is 5.82 Å². The monoisotopic (exact) mass is 434 g/mol. The van der Waals surface area contributed by atoms with Crippen molar-refractivity contribution in [3.05, 3.63) is 71.2 Å². The quantitative estimate of drug-likeness (QED) is 0.396. The van der Waals surface area contributed by atoms with Crippen LogP contribution in [0.2, 0.25) is 5.02 Å². The number of alkyl halides is 3. The molecular weight excluding hydrogens is 416 g/mol. The summed E-state index contributed by atoms with van der Waals surface area (Å²) in [5.41, 5.74) is 2.23. The fourth-order valence-corrected chi connectivity index (χ4v) is 2.13. The van der Waals surface area contributed by atoms with Crippen molar-refractivity contribution in [3.8, 4) is 5.82 Å². The summed E-state index contributed by atoms with van der Waals surface area (Å²) >= 11 is 5.79. The lowest BCUT2D eigenvalue weighted by molar-refractivity contribution is -0.137. The first-order valence-corrected chi connectivity index (χ1v) is 8.50. The average molecular weight is 435 g/mol. The van der Waals surface area contributed by atoms with Gasteiger partial charge < -0.3 is 5.11 Å². The molecule has 3 rings (SSSR count). The van der Waals surface area contributed by atoms with Crippen LogP contribution in [-0.2, 0) is 6.18 Å². The van der Waals surface area contributed by atoms with Crippen molar-refractivity contribution in [1.29, 1.82) is 0 Å². The normalized spacial score (nSPS) is 10.4. The summed E-state index contributed by atoms with van der Waals surface area (Å²) in [6.45, 7) is 3.68. The Morgan fingerprint density at radius 1 is 1.17 bits per heavy atom. The second kappa shape index (κ2) is 11.3. The molecule has 2 aromatic heterocycles. The molecule has 0 aliphatic carbocycles. The van der Waals surface area contributed by atoms with Gasteiger partial charge in [-0.2, -0.15) is 13.2 Å². The van der Waals surface area contributed by atoms with Crippen molar-refractivity contribution < 1.29 is 27.9 Å². The molecule has 0 saturated carbocycles. The molecule has 0 radical (unpaired) electrons. The number of hydrogen-bond donors (Lipinski definition) is 3. The molecule has 0 unspecified atom stereocenters. The van der Waals surface area contributed by atoms with Gasteiger partial charge in [-0.25, -0.2) is 14.4 Å². The molecule has 2 heterocycles. The molecule has 0 fully saturated rings. The molecule has 6 nitrogen and oxygen atoms in total. The maximum Gasteiger partial charge on any atom is 0.417 e. The number of hydrogen-bond acceptors (Lipinski definition) is 5. The molecule has 0 saturated heterocycles. The highest BCUT2D eigenvalue weighted by molar-refractivity contribution is 6.32. The van der Waals surface area contributed by atoms with Crippen LogP contribution in [0.25, 0.3) is 5.82 Å². The van der Waals surface area contributed by atoms with Crippen LogP contribution in [0.3, 0.4) is 0 Å². The molecule has 0 atom stereocenters. The van der Waals surface area contributed by atoms with Crippen LogP contribution in [0, 0.1) is 12.7 Å². The molecule has 3 N–H and O–H groups in total. The minimum atomic E-state index is -4.45. The molecule has 0 bridgehead atoms. The number of aromatic nitrogens is 3. The van der Waals surface area contributed by atoms with Gasteiger partial charge in [0.05, 0.1) is 16.3 Å². The predicted octanol–water partition coefficient (Wildman–Crippen LogP) is 4.87. The van der Waals surface area contributed by atoms with E-state index in [4.69, 9.17) is 21.9 Å². The van der Waals surface area contributed by atoms with Crippen molar-refractivity contribution in [2.45, 2.75) is 20.0 Å². The predicted molar refractivity (Wildman–Crippen MR) is 101 cm³/mol. The number of aryl methyl sites for hydroxylation is 1. The van der Waals surface area contributed by atoms with Crippen LogP contribution in [0.15, 0.2) is 49.1 Å². The highest BCUT2D eigenvalue weighted by Gasteiger charge is 2.31. The second-order valence-electron chi connectivity index (χ2n) is 5.37. The van der Waals surface area contributed by atoms with Crippen molar-refractivity contribution >= 4 is 17.3 Å². The first-order valence-electron chi connectivity index (χ1n) is 8.12. The van der Waals surface area contributed by atoms with E-state index in [2.05, 4.69) is 9.97 Å². The molecule has 0 aliphatic rings. The third kappa shape index (κ3) is 7.68. The van der Waals surface area contributed by atoms with E-state index in [1.54, 1.807) is 20.0 Å². The molecular formula is C18H19ClF4N4O2. The Bertz CT molecular complexity index is 886. The van der Waals surface area contributed by atoms with Gasteiger partial charge in [-0.1, -0.05) is 11.6 Å². The fourth-order valence-electron chi connectivity index (χ4n) is 1.87. The number of rotatable bonds is 2. The Hall–Kier alpha value is -2.69. The van der Waals surface area contributed by atoms with Gasteiger partial charge in [-0.05, 0) is 44.2 Å². The highest BCUT2D eigenvalue weighted by Crippen LogP contribution is 2.32. The number of nitrogens with zero attached hydrogens (tertiary/aromatic N) is 3. The summed E-state index contributed by atoms with van der Waals surface area (Å²) in [5, 5.41) is 15.8. The first-order chi connectivity index (χ1) is 13.6. The third-order valence-corrected chi connectivity index (χ3v) is 3.45. The zero-order valence-electron chi connectivity index (χ0n) is 15.5. The van der Waals surface area contributed by atoms with Crippen LogP contribution >= 0.6 is 11.6 Å². The second-order valence-corrected chi connectivity index (χ2v) is 5.77.